The molecule has 0 spiro atoms. The monoisotopic (exact) mass is 490 g/mol. The van der Waals surface area contributed by atoms with Crippen molar-refractivity contribution in [3.05, 3.63) is 42.2 Å². The fourth-order valence-corrected chi connectivity index (χ4v) is 4.39. The molecule has 11 heteroatoms. The second-order valence-electron chi connectivity index (χ2n) is 9.45. The molecule has 0 radical (unpaired) electrons. The molecule has 1 N–H and O–H groups in total. The highest BCUT2D eigenvalue weighted by Gasteiger charge is 2.31. The molecular formula is C23H29F3N6OSi. The molecule has 0 atom stereocenters. The van der Waals surface area contributed by atoms with Crippen molar-refractivity contribution in [2.45, 2.75) is 51.9 Å². The lowest BCUT2D eigenvalue weighted by Gasteiger charge is -2.16. The lowest BCUT2D eigenvalue weighted by molar-refractivity contribution is -0.137. The number of hydrogen-bond acceptors (Lipinski definition) is 5. The zero-order valence-corrected chi connectivity index (χ0v) is 20.8. The van der Waals surface area contributed by atoms with Crippen LogP contribution in [-0.4, -0.2) is 45.4 Å². The van der Waals surface area contributed by atoms with Crippen molar-refractivity contribution >= 4 is 30.6 Å². The van der Waals surface area contributed by atoms with E-state index in [4.69, 9.17) is 4.74 Å². The minimum atomic E-state index is -4.45. The van der Waals surface area contributed by atoms with Gasteiger partial charge in [0.25, 0.3) is 0 Å². The van der Waals surface area contributed by atoms with Crippen molar-refractivity contribution in [3.63, 3.8) is 0 Å². The summed E-state index contributed by atoms with van der Waals surface area (Å²) in [5.74, 6) is 0.442. The molecule has 0 saturated carbocycles. The van der Waals surface area contributed by atoms with Gasteiger partial charge in [-0.05, 0) is 36.7 Å². The zero-order chi connectivity index (χ0) is 24.5. The van der Waals surface area contributed by atoms with E-state index in [2.05, 4.69) is 40.0 Å². The van der Waals surface area contributed by atoms with E-state index in [9.17, 15) is 13.2 Å². The van der Waals surface area contributed by atoms with Crippen LogP contribution in [0.4, 0.5) is 19.0 Å². The Bertz CT molecular complexity index is 1290. The highest BCUT2D eigenvalue weighted by molar-refractivity contribution is 6.76. The van der Waals surface area contributed by atoms with Crippen LogP contribution in [0.1, 0.15) is 18.9 Å². The first-order valence-corrected chi connectivity index (χ1v) is 15.0. The Balaban J connectivity index is 1.79. The lowest BCUT2D eigenvalue weighted by Crippen LogP contribution is -2.22. The van der Waals surface area contributed by atoms with Crippen LogP contribution in [0.2, 0.25) is 25.7 Å². The molecule has 7 nitrogen and oxygen atoms in total. The highest BCUT2D eigenvalue weighted by atomic mass is 28.3. The van der Waals surface area contributed by atoms with Gasteiger partial charge in [-0.3, -0.25) is 4.40 Å². The smallest absolute Gasteiger partial charge is 0.367 e. The van der Waals surface area contributed by atoms with Crippen LogP contribution in [0.25, 0.3) is 28.1 Å². The number of aromatic nitrogens is 5. The highest BCUT2D eigenvalue weighted by Crippen LogP contribution is 2.34. The number of hydrogen-bond donors (Lipinski definition) is 1. The third-order valence-electron chi connectivity index (χ3n) is 5.48. The summed E-state index contributed by atoms with van der Waals surface area (Å²) >= 11 is 0. The fraction of sp³-hybridized carbons (Fsp3) is 0.435. The molecule has 0 aliphatic heterocycles. The lowest BCUT2D eigenvalue weighted by atomic mass is 10.2. The van der Waals surface area contributed by atoms with Crippen molar-refractivity contribution < 1.29 is 17.9 Å². The maximum absolute atomic E-state index is 13.4. The van der Waals surface area contributed by atoms with Gasteiger partial charge in [0, 0.05) is 27.4 Å². The van der Waals surface area contributed by atoms with E-state index in [1.807, 2.05) is 17.4 Å². The Kier molecular flexibility index (Phi) is 6.68. The zero-order valence-electron chi connectivity index (χ0n) is 19.8. The molecule has 3 aromatic heterocycles. The van der Waals surface area contributed by atoms with Crippen molar-refractivity contribution in [2.24, 2.45) is 0 Å². The first kappa shape index (κ1) is 24.2. The number of anilines is 1. The average Bonchev–Trinajstić information content (AvgIpc) is 3.40. The Morgan fingerprint density at radius 2 is 1.91 bits per heavy atom. The summed E-state index contributed by atoms with van der Waals surface area (Å²) in [6.07, 6.45) is -0.242. The van der Waals surface area contributed by atoms with Crippen LogP contribution in [0, 0.1) is 0 Å². The van der Waals surface area contributed by atoms with Gasteiger partial charge in [-0.2, -0.15) is 18.3 Å². The van der Waals surface area contributed by atoms with Crippen LogP contribution in [0.3, 0.4) is 0 Å². The quantitative estimate of drug-likeness (QED) is 0.234. The van der Waals surface area contributed by atoms with E-state index < -0.39 is 19.8 Å². The molecule has 0 fully saturated rings. The number of ether oxygens (including phenoxy) is 1. The number of fused-ring (bicyclic) bond motifs is 3. The summed E-state index contributed by atoms with van der Waals surface area (Å²) in [4.78, 5) is 9.04. The molecule has 0 bridgehead atoms. The molecule has 0 saturated heterocycles. The second kappa shape index (κ2) is 9.38. The van der Waals surface area contributed by atoms with Gasteiger partial charge in [0.05, 0.1) is 34.2 Å². The molecule has 0 unspecified atom stereocenters. The molecule has 4 rings (SSSR count). The first-order chi connectivity index (χ1) is 16.1. The summed E-state index contributed by atoms with van der Waals surface area (Å²) < 4.78 is 49.5. The molecule has 0 aliphatic carbocycles. The molecule has 4 aromatic rings. The average molecular weight is 491 g/mol. The standard InChI is InChI=1S/C23H29F3N6OSi/c1-5-9-27-21-22-28-14-20(19-8-10-29-31(19)15-33-11-12-34(2,3)4)32(22)18-7-6-16(23(24,25)26)13-17(18)30-21/h6-8,10,13-14H,5,9,11-12,15H2,1-4H3,(H,27,30). The van der Waals surface area contributed by atoms with Crippen LogP contribution in [0.15, 0.2) is 36.7 Å². The summed E-state index contributed by atoms with van der Waals surface area (Å²) in [5.41, 5.74) is 2.03. The minimum absolute atomic E-state index is 0.234. The number of imidazole rings is 1. The number of halogens is 3. The maximum Gasteiger partial charge on any atom is 0.416 e. The summed E-state index contributed by atoms with van der Waals surface area (Å²) in [5, 5.41) is 7.59. The molecular weight excluding hydrogens is 461 g/mol. The summed E-state index contributed by atoms with van der Waals surface area (Å²) in [6.45, 7) is 10.4. The van der Waals surface area contributed by atoms with E-state index in [0.29, 0.717) is 35.8 Å². The Hall–Kier alpha value is -2.92. The summed E-state index contributed by atoms with van der Waals surface area (Å²) in [7, 11) is -1.21. The Morgan fingerprint density at radius 3 is 2.62 bits per heavy atom. The molecule has 1 aromatic carbocycles. The van der Waals surface area contributed by atoms with E-state index in [-0.39, 0.29) is 12.2 Å². The summed E-state index contributed by atoms with van der Waals surface area (Å²) in [6, 6.07) is 6.48. The third kappa shape index (κ3) is 5.09. The van der Waals surface area contributed by atoms with Crippen molar-refractivity contribution in [3.8, 4) is 11.4 Å². The molecule has 182 valence electrons. The van der Waals surface area contributed by atoms with Gasteiger partial charge in [-0.15, -0.1) is 0 Å². The van der Waals surface area contributed by atoms with Crippen molar-refractivity contribution in [1.29, 1.82) is 0 Å². The number of benzene rings is 1. The van der Waals surface area contributed by atoms with E-state index in [1.54, 1.807) is 17.1 Å². The van der Waals surface area contributed by atoms with Crippen molar-refractivity contribution in [2.75, 3.05) is 18.5 Å². The molecule has 0 aliphatic rings. The first-order valence-electron chi connectivity index (χ1n) is 11.3. The molecule has 3 heterocycles. The molecule has 0 amide bonds. The van der Waals surface area contributed by atoms with Crippen LogP contribution >= 0.6 is 0 Å². The maximum atomic E-state index is 13.4. The minimum Gasteiger partial charge on any atom is -0.367 e. The van der Waals surface area contributed by atoms with Gasteiger partial charge in [0.15, 0.2) is 11.5 Å². The third-order valence-corrected chi connectivity index (χ3v) is 7.19. The number of alkyl halides is 3. The second-order valence-corrected chi connectivity index (χ2v) is 15.1. The normalized spacial score (nSPS) is 12.7. The fourth-order valence-electron chi connectivity index (χ4n) is 3.64. The number of nitrogens with one attached hydrogen (secondary N) is 1. The van der Waals surface area contributed by atoms with Gasteiger partial charge in [0.1, 0.15) is 6.73 Å². The van der Waals surface area contributed by atoms with E-state index in [0.717, 1.165) is 30.3 Å². The van der Waals surface area contributed by atoms with Gasteiger partial charge in [-0.25, -0.2) is 14.6 Å². The molecule has 34 heavy (non-hydrogen) atoms. The largest absolute Gasteiger partial charge is 0.416 e. The predicted octanol–water partition coefficient (Wildman–Crippen LogP) is 5.90. The Labute approximate surface area is 197 Å². The van der Waals surface area contributed by atoms with E-state index in [1.165, 1.54) is 6.07 Å². The SMILES string of the molecule is CCCNc1nc2cc(C(F)(F)F)ccc2n2c(-c3ccnn3COCC[Si](C)(C)C)cnc12. The van der Waals surface area contributed by atoms with Gasteiger partial charge in [-0.1, -0.05) is 26.6 Å². The van der Waals surface area contributed by atoms with E-state index >= 15 is 0 Å². The Morgan fingerprint density at radius 1 is 1.12 bits per heavy atom. The van der Waals surface area contributed by atoms with Crippen LogP contribution < -0.4 is 5.32 Å². The van der Waals surface area contributed by atoms with Crippen molar-refractivity contribution in [1.82, 2.24) is 24.1 Å². The van der Waals surface area contributed by atoms with Gasteiger partial charge in [0.2, 0.25) is 0 Å². The topological polar surface area (TPSA) is 69.3 Å². The van der Waals surface area contributed by atoms with Gasteiger partial charge >= 0.3 is 6.18 Å². The van der Waals surface area contributed by atoms with Crippen LogP contribution in [-0.2, 0) is 17.6 Å². The number of nitrogens with zero attached hydrogens (tertiary/aromatic N) is 5. The van der Waals surface area contributed by atoms with Crippen LogP contribution in [0.5, 0.6) is 0 Å². The predicted molar refractivity (Wildman–Crippen MR) is 130 cm³/mol. The number of rotatable bonds is 9. The van der Waals surface area contributed by atoms with Gasteiger partial charge < -0.3 is 10.1 Å².